The fraction of sp³-hybridized carbons (Fsp3) is 0.160. The molecule has 1 atom stereocenters. The maximum Gasteiger partial charge on any atom is 0.221 e. The normalized spacial score (nSPS) is 11.9. The lowest BCUT2D eigenvalue weighted by molar-refractivity contribution is -0.121. The minimum Gasteiger partial charge on any atom is -0.342 e. The molecule has 1 amide bonds. The third-order valence-corrected chi connectivity index (χ3v) is 5.52. The number of halogens is 1. The molecule has 0 spiro atoms. The van der Waals surface area contributed by atoms with Crippen LogP contribution in [0.2, 0.25) is 5.02 Å². The fourth-order valence-corrected chi connectivity index (χ4v) is 3.73. The highest BCUT2D eigenvalue weighted by atomic mass is 35.5. The molecule has 0 radical (unpaired) electrons. The van der Waals surface area contributed by atoms with Crippen LogP contribution in [0.15, 0.2) is 78.9 Å². The van der Waals surface area contributed by atoms with Crippen molar-refractivity contribution in [2.45, 2.75) is 18.9 Å². The number of fused-ring (bicyclic) bond motifs is 1. The van der Waals surface area contributed by atoms with Crippen molar-refractivity contribution in [2.24, 2.45) is 7.05 Å². The van der Waals surface area contributed by atoms with Gasteiger partial charge < -0.3 is 9.88 Å². The van der Waals surface area contributed by atoms with Gasteiger partial charge in [0.1, 0.15) is 11.9 Å². The molecule has 1 N–H and O–H groups in total. The van der Waals surface area contributed by atoms with Crippen LogP contribution in [0.3, 0.4) is 0 Å². The summed E-state index contributed by atoms with van der Waals surface area (Å²) in [6.07, 6.45) is 0.215. The summed E-state index contributed by atoms with van der Waals surface area (Å²) in [5.41, 5.74) is 3.34. The van der Waals surface area contributed by atoms with Crippen LogP contribution in [0.25, 0.3) is 11.0 Å². The number of ketones is 1. The summed E-state index contributed by atoms with van der Waals surface area (Å²) in [5, 5.41) is 3.64. The summed E-state index contributed by atoms with van der Waals surface area (Å²) >= 11 is 5.88. The van der Waals surface area contributed by atoms with E-state index in [2.05, 4.69) is 5.32 Å². The maximum atomic E-state index is 12.8. The third-order valence-electron chi connectivity index (χ3n) is 5.26. The number of benzene rings is 3. The molecule has 0 aliphatic carbocycles. The van der Waals surface area contributed by atoms with E-state index in [-0.39, 0.29) is 24.5 Å². The van der Waals surface area contributed by atoms with Gasteiger partial charge in [-0.15, -0.1) is 0 Å². The standard InChI is InChI=1S/C25H22ClN3O2/c1-29-21-10-6-5-9-20(21)27-25(29)24(18-7-3-2-4-8-18)28-23(31)16-15-22(30)17-11-13-19(26)14-12-17/h2-14,24H,15-16H2,1H3,(H,28,31). The van der Waals surface area contributed by atoms with Crippen LogP contribution in [0.4, 0.5) is 0 Å². The van der Waals surface area contributed by atoms with Crippen molar-refractivity contribution in [3.05, 3.63) is 101 Å². The Balaban J connectivity index is 1.54. The number of hydrogen-bond acceptors (Lipinski definition) is 3. The molecule has 0 bridgehead atoms. The van der Waals surface area contributed by atoms with Gasteiger partial charge in [0.15, 0.2) is 5.78 Å². The number of hydrogen-bond donors (Lipinski definition) is 1. The molecule has 1 heterocycles. The lowest BCUT2D eigenvalue weighted by Crippen LogP contribution is -2.31. The summed E-state index contributed by atoms with van der Waals surface area (Å²) in [6, 6.07) is 23.9. The Morgan fingerprint density at radius 1 is 0.935 bits per heavy atom. The third kappa shape index (κ3) is 4.67. The van der Waals surface area contributed by atoms with E-state index in [4.69, 9.17) is 16.6 Å². The average Bonchev–Trinajstić information content (AvgIpc) is 3.13. The zero-order valence-corrected chi connectivity index (χ0v) is 17.8. The first-order valence-electron chi connectivity index (χ1n) is 10.1. The van der Waals surface area contributed by atoms with E-state index in [1.165, 1.54) is 0 Å². The van der Waals surface area contributed by atoms with Crippen molar-refractivity contribution in [3.8, 4) is 0 Å². The van der Waals surface area contributed by atoms with Gasteiger partial charge in [0.2, 0.25) is 5.91 Å². The second-order valence-corrected chi connectivity index (χ2v) is 7.80. The Bertz CT molecular complexity index is 1220. The predicted octanol–water partition coefficient (Wildman–Crippen LogP) is 5.10. The summed E-state index contributed by atoms with van der Waals surface area (Å²) in [6.45, 7) is 0. The maximum absolute atomic E-state index is 12.8. The van der Waals surface area contributed by atoms with Gasteiger partial charge in [-0.3, -0.25) is 9.59 Å². The molecule has 156 valence electrons. The average molecular weight is 432 g/mol. The Kier molecular flexibility index (Phi) is 6.14. The molecule has 1 aromatic heterocycles. The number of carbonyl (C=O) groups is 2. The van der Waals surface area contributed by atoms with Crippen molar-refractivity contribution in [2.75, 3.05) is 0 Å². The van der Waals surface area contributed by atoms with Crippen LogP contribution in [-0.2, 0) is 11.8 Å². The molecule has 0 fully saturated rings. The van der Waals surface area contributed by atoms with Gasteiger partial charge in [-0.2, -0.15) is 0 Å². The molecule has 0 aliphatic heterocycles. The number of nitrogens with one attached hydrogen (secondary N) is 1. The molecule has 3 aromatic carbocycles. The van der Waals surface area contributed by atoms with E-state index in [1.54, 1.807) is 24.3 Å². The first-order valence-corrected chi connectivity index (χ1v) is 10.4. The van der Waals surface area contributed by atoms with Crippen LogP contribution in [-0.4, -0.2) is 21.2 Å². The topological polar surface area (TPSA) is 64.0 Å². The number of aromatic nitrogens is 2. The van der Waals surface area contributed by atoms with Crippen molar-refractivity contribution in [1.29, 1.82) is 0 Å². The first kappa shape index (κ1) is 20.8. The zero-order valence-electron chi connectivity index (χ0n) is 17.1. The highest BCUT2D eigenvalue weighted by molar-refractivity contribution is 6.30. The monoisotopic (exact) mass is 431 g/mol. The van der Waals surface area contributed by atoms with Gasteiger partial charge in [-0.25, -0.2) is 4.98 Å². The Hall–Kier alpha value is -3.44. The Morgan fingerprint density at radius 2 is 1.61 bits per heavy atom. The van der Waals surface area contributed by atoms with E-state index in [1.807, 2.05) is 66.2 Å². The molecule has 4 rings (SSSR count). The zero-order chi connectivity index (χ0) is 21.8. The summed E-state index contributed by atoms with van der Waals surface area (Å²) in [5.74, 6) is 0.443. The van der Waals surface area contributed by atoms with Crippen molar-refractivity contribution >= 4 is 34.3 Å². The number of para-hydroxylation sites is 2. The summed E-state index contributed by atoms with van der Waals surface area (Å²) in [7, 11) is 1.94. The van der Waals surface area contributed by atoms with Crippen LogP contribution in [0, 0.1) is 0 Å². The number of rotatable bonds is 7. The minimum absolute atomic E-state index is 0.0918. The van der Waals surface area contributed by atoms with Gasteiger partial charge in [-0.1, -0.05) is 54.1 Å². The summed E-state index contributed by atoms with van der Waals surface area (Å²) in [4.78, 5) is 30.0. The minimum atomic E-state index is -0.420. The second kappa shape index (κ2) is 9.14. The number of imidazole rings is 1. The SMILES string of the molecule is Cn1c(C(NC(=O)CCC(=O)c2ccc(Cl)cc2)c2ccccc2)nc2ccccc21. The molecule has 6 heteroatoms. The highest BCUT2D eigenvalue weighted by Gasteiger charge is 2.23. The van der Waals surface area contributed by atoms with Crippen LogP contribution in [0.5, 0.6) is 0 Å². The largest absolute Gasteiger partial charge is 0.342 e. The summed E-state index contributed by atoms with van der Waals surface area (Å²) < 4.78 is 1.99. The van der Waals surface area contributed by atoms with Gasteiger partial charge >= 0.3 is 0 Å². The van der Waals surface area contributed by atoms with Crippen molar-refractivity contribution in [1.82, 2.24) is 14.9 Å². The van der Waals surface area contributed by atoms with E-state index in [9.17, 15) is 9.59 Å². The van der Waals surface area contributed by atoms with Gasteiger partial charge in [0.25, 0.3) is 0 Å². The van der Waals surface area contributed by atoms with E-state index in [0.717, 1.165) is 22.4 Å². The smallest absolute Gasteiger partial charge is 0.221 e. The number of carbonyl (C=O) groups excluding carboxylic acids is 2. The number of nitrogens with zero attached hydrogens (tertiary/aromatic N) is 2. The second-order valence-electron chi connectivity index (χ2n) is 7.36. The number of aryl methyl sites for hydroxylation is 1. The van der Waals surface area contributed by atoms with E-state index >= 15 is 0 Å². The van der Waals surface area contributed by atoms with E-state index in [0.29, 0.717) is 10.6 Å². The van der Waals surface area contributed by atoms with Crippen molar-refractivity contribution < 1.29 is 9.59 Å². The molecule has 5 nitrogen and oxygen atoms in total. The van der Waals surface area contributed by atoms with E-state index < -0.39 is 6.04 Å². The molecule has 0 aliphatic rings. The van der Waals surface area contributed by atoms with Gasteiger partial charge in [0.05, 0.1) is 11.0 Å². The molecular formula is C25H22ClN3O2. The quantitative estimate of drug-likeness (QED) is 0.414. The lowest BCUT2D eigenvalue weighted by Gasteiger charge is -2.19. The predicted molar refractivity (Wildman–Crippen MR) is 122 cm³/mol. The first-order chi connectivity index (χ1) is 15.0. The fourth-order valence-electron chi connectivity index (χ4n) is 3.61. The molecule has 31 heavy (non-hydrogen) atoms. The molecule has 4 aromatic rings. The molecular weight excluding hydrogens is 410 g/mol. The van der Waals surface area contributed by atoms with Gasteiger partial charge in [0, 0.05) is 30.5 Å². The van der Waals surface area contributed by atoms with Crippen LogP contribution >= 0.6 is 11.6 Å². The lowest BCUT2D eigenvalue weighted by atomic mass is 10.0. The molecule has 0 saturated heterocycles. The Labute approximate surface area is 185 Å². The van der Waals surface area contributed by atoms with Gasteiger partial charge in [-0.05, 0) is 42.0 Å². The van der Waals surface area contributed by atoms with Crippen LogP contribution < -0.4 is 5.32 Å². The Morgan fingerprint density at radius 3 is 2.32 bits per heavy atom. The van der Waals surface area contributed by atoms with Crippen molar-refractivity contribution in [3.63, 3.8) is 0 Å². The van der Waals surface area contributed by atoms with Crippen LogP contribution in [0.1, 0.15) is 40.6 Å². The highest BCUT2D eigenvalue weighted by Crippen LogP contribution is 2.25. The molecule has 0 saturated carbocycles. The number of Topliss-reactive ketones (excluding diaryl/α,β-unsaturated/α-hetero) is 1. The number of amides is 1. The molecule has 1 unspecified atom stereocenters.